The predicted octanol–water partition coefficient (Wildman–Crippen LogP) is -1.27. The number of terminal acetylenes is 1. The minimum absolute atomic E-state index is 0.0674. The van der Waals surface area contributed by atoms with Crippen LogP contribution in [0.5, 0.6) is 0 Å². The number of rotatable bonds is 5. The van der Waals surface area contributed by atoms with E-state index in [0.717, 1.165) is 4.90 Å². The first-order chi connectivity index (χ1) is 8.69. The minimum Gasteiger partial charge on any atom is -0.357 e. The molecule has 0 aromatic rings. The van der Waals surface area contributed by atoms with E-state index < -0.39 is 0 Å². The molecule has 0 unspecified atom stereocenters. The van der Waals surface area contributed by atoms with Crippen molar-refractivity contribution in [3.05, 3.63) is 0 Å². The van der Waals surface area contributed by atoms with Gasteiger partial charge in [-0.25, -0.2) is 4.79 Å². The fraction of sp³-hybridized carbons (Fsp3) is 0.545. The Hall–Kier alpha value is -2.23. The van der Waals surface area contributed by atoms with Crippen molar-refractivity contribution in [2.75, 3.05) is 32.7 Å². The van der Waals surface area contributed by atoms with E-state index in [1.165, 1.54) is 0 Å². The van der Waals surface area contributed by atoms with Crippen LogP contribution in [0.4, 0.5) is 4.79 Å². The van der Waals surface area contributed by atoms with Gasteiger partial charge < -0.3 is 16.0 Å². The van der Waals surface area contributed by atoms with E-state index in [4.69, 9.17) is 6.42 Å². The molecule has 98 valence electrons. The highest BCUT2D eigenvalue weighted by atomic mass is 16.2. The van der Waals surface area contributed by atoms with E-state index >= 15 is 0 Å². The lowest BCUT2D eigenvalue weighted by molar-refractivity contribution is -0.124. The number of nitrogens with zero attached hydrogens (tertiary/aromatic N) is 2. The van der Waals surface area contributed by atoms with Crippen LogP contribution in [0.25, 0.3) is 0 Å². The lowest BCUT2D eigenvalue weighted by Gasteiger charge is -2.12. The molecule has 3 amide bonds. The van der Waals surface area contributed by atoms with Crippen LogP contribution in [0.1, 0.15) is 6.92 Å². The summed E-state index contributed by atoms with van der Waals surface area (Å²) >= 11 is 0. The molecule has 0 saturated carbocycles. The zero-order chi connectivity index (χ0) is 13.4. The molecule has 1 rings (SSSR count). The van der Waals surface area contributed by atoms with Gasteiger partial charge in [0.25, 0.3) is 0 Å². The molecule has 7 nitrogen and oxygen atoms in total. The number of imide groups is 1. The van der Waals surface area contributed by atoms with Gasteiger partial charge in [-0.1, -0.05) is 5.92 Å². The molecular formula is C11H17N5O2. The second kappa shape index (κ2) is 7.17. The molecule has 0 atom stereocenters. The zero-order valence-electron chi connectivity index (χ0n) is 10.3. The van der Waals surface area contributed by atoms with Gasteiger partial charge in [0, 0.05) is 6.54 Å². The predicted molar refractivity (Wildman–Crippen MR) is 67.9 cm³/mol. The molecule has 0 aliphatic carbocycles. The summed E-state index contributed by atoms with van der Waals surface area (Å²) in [6.07, 6.45) is 5.14. The number of nitrogens with one attached hydrogen (secondary N) is 3. The first-order valence-corrected chi connectivity index (χ1v) is 5.73. The Bertz CT molecular complexity index is 369. The SMILES string of the molecule is C#CCNC(=NCCN1C(=O)CNC1=O)NCC. The summed E-state index contributed by atoms with van der Waals surface area (Å²) in [5, 5.41) is 8.37. The Balaban J connectivity index is 2.42. The molecule has 3 N–H and O–H groups in total. The summed E-state index contributed by atoms with van der Waals surface area (Å²) in [7, 11) is 0. The fourth-order valence-corrected chi connectivity index (χ4v) is 1.42. The topological polar surface area (TPSA) is 85.8 Å². The molecule has 18 heavy (non-hydrogen) atoms. The first-order valence-electron chi connectivity index (χ1n) is 5.73. The van der Waals surface area contributed by atoms with Gasteiger partial charge in [-0.2, -0.15) is 0 Å². The minimum atomic E-state index is -0.364. The summed E-state index contributed by atoms with van der Waals surface area (Å²) in [5.74, 6) is 2.79. The summed E-state index contributed by atoms with van der Waals surface area (Å²) in [6.45, 7) is 3.67. The Labute approximate surface area is 106 Å². The lowest BCUT2D eigenvalue weighted by atomic mass is 10.5. The maximum Gasteiger partial charge on any atom is 0.324 e. The van der Waals surface area contributed by atoms with E-state index in [1.807, 2.05) is 6.92 Å². The van der Waals surface area contributed by atoms with E-state index in [-0.39, 0.29) is 25.0 Å². The first kappa shape index (κ1) is 13.8. The van der Waals surface area contributed by atoms with Crippen molar-refractivity contribution < 1.29 is 9.59 Å². The van der Waals surface area contributed by atoms with Gasteiger partial charge in [-0.15, -0.1) is 6.42 Å². The second-order valence-corrected chi connectivity index (χ2v) is 3.52. The number of urea groups is 1. The maximum atomic E-state index is 11.3. The van der Waals surface area contributed by atoms with Crippen molar-refractivity contribution in [3.63, 3.8) is 0 Å². The van der Waals surface area contributed by atoms with Crippen LogP contribution in [0.15, 0.2) is 4.99 Å². The number of carbonyl (C=O) groups is 2. The quantitative estimate of drug-likeness (QED) is 0.246. The number of hydrogen-bond donors (Lipinski definition) is 3. The number of guanidine groups is 1. The van der Waals surface area contributed by atoms with Gasteiger partial charge in [-0.3, -0.25) is 14.7 Å². The molecule has 1 fully saturated rings. The average molecular weight is 251 g/mol. The Morgan fingerprint density at radius 1 is 1.56 bits per heavy atom. The number of hydrogen-bond acceptors (Lipinski definition) is 3. The monoisotopic (exact) mass is 251 g/mol. The van der Waals surface area contributed by atoms with E-state index in [9.17, 15) is 9.59 Å². The maximum absolute atomic E-state index is 11.3. The van der Waals surface area contributed by atoms with Gasteiger partial charge in [0.15, 0.2) is 5.96 Å². The molecule has 1 saturated heterocycles. The van der Waals surface area contributed by atoms with Crippen LogP contribution < -0.4 is 16.0 Å². The van der Waals surface area contributed by atoms with Crippen molar-refractivity contribution in [1.29, 1.82) is 0 Å². The van der Waals surface area contributed by atoms with Crippen LogP contribution in [0.3, 0.4) is 0 Å². The van der Waals surface area contributed by atoms with Crippen molar-refractivity contribution in [3.8, 4) is 12.3 Å². The van der Waals surface area contributed by atoms with E-state index in [1.54, 1.807) is 0 Å². The molecule has 7 heteroatoms. The number of carbonyl (C=O) groups excluding carboxylic acids is 2. The van der Waals surface area contributed by atoms with E-state index in [0.29, 0.717) is 25.6 Å². The molecule has 0 radical (unpaired) electrons. The second-order valence-electron chi connectivity index (χ2n) is 3.52. The highest BCUT2D eigenvalue weighted by Gasteiger charge is 2.27. The van der Waals surface area contributed by atoms with Gasteiger partial charge in [0.1, 0.15) is 0 Å². The molecular weight excluding hydrogens is 234 g/mol. The van der Waals surface area contributed by atoms with Crippen LogP contribution in [-0.2, 0) is 4.79 Å². The summed E-state index contributed by atoms with van der Waals surface area (Å²) in [4.78, 5) is 27.9. The van der Waals surface area contributed by atoms with Gasteiger partial charge >= 0.3 is 6.03 Å². The highest BCUT2D eigenvalue weighted by Crippen LogP contribution is 1.97. The van der Waals surface area contributed by atoms with Crippen LogP contribution in [0.2, 0.25) is 0 Å². The average Bonchev–Trinajstić information content (AvgIpc) is 2.67. The molecule has 0 aromatic carbocycles. The zero-order valence-corrected chi connectivity index (χ0v) is 10.3. The van der Waals surface area contributed by atoms with Crippen LogP contribution in [-0.4, -0.2) is 55.5 Å². The van der Waals surface area contributed by atoms with Gasteiger partial charge in [0.05, 0.1) is 26.2 Å². The van der Waals surface area contributed by atoms with Crippen molar-refractivity contribution in [2.45, 2.75) is 6.92 Å². The normalized spacial score (nSPS) is 15.3. The van der Waals surface area contributed by atoms with Crippen molar-refractivity contribution in [2.24, 2.45) is 4.99 Å². The van der Waals surface area contributed by atoms with Crippen molar-refractivity contribution in [1.82, 2.24) is 20.9 Å². The third-order valence-corrected chi connectivity index (χ3v) is 2.23. The third-order valence-electron chi connectivity index (χ3n) is 2.23. The Kier molecular flexibility index (Phi) is 5.51. The van der Waals surface area contributed by atoms with Crippen molar-refractivity contribution >= 4 is 17.9 Å². The van der Waals surface area contributed by atoms with E-state index in [2.05, 4.69) is 26.9 Å². The van der Waals surface area contributed by atoms with Gasteiger partial charge in [-0.05, 0) is 6.92 Å². The molecule has 0 aromatic heterocycles. The molecule has 1 aliphatic rings. The Morgan fingerprint density at radius 2 is 2.33 bits per heavy atom. The number of amides is 3. The van der Waals surface area contributed by atoms with Gasteiger partial charge in [0.2, 0.25) is 5.91 Å². The standard InChI is InChI=1S/C11H17N5O2/c1-3-5-13-10(12-4-2)14-6-7-16-9(17)8-15-11(16)18/h1H,4-8H2,2H3,(H,15,18)(H2,12,13,14). The Morgan fingerprint density at radius 3 is 2.89 bits per heavy atom. The highest BCUT2D eigenvalue weighted by molar-refractivity contribution is 6.01. The third kappa shape index (κ3) is 3.97. The lowest BCUT2D eigenvalue weighted by Crippen LogP contribution is -2.39. The summed E-state index contributed by atoms with van der Waals surface area (Å²) in [5.41, 5.74) is 0. The smallest absolute Gasteiger partial charge is 0.324 e. The number of aliphatic imine (C=N–C) groups is 1. The van der Waals surface area contributed by atoms with Crippen LogP contribution >= 0.6 is 0 Å². The summed E-state index contributed by atoms with van der Waals surface area (Å²) in [6, 6.07) is -0.364. The largest absolute Gasteiger partial charge is 0.357 e. The molecule has 1 heterocycles. The van der Waals surface area contributed by atoms with Crippen LogP contribution in [0, 0.1) is 12.3 Å². The molecule has 0 spiro atoms. The molecule has 0 bridgehead atoms. The fourth-order valence-electron chi connectivity index (χ4n) is 1.42. The summed E-state index contributed by atoms with van der Waals surface area (Å²) < 4.78 is 0. The molecule has 1 aliphatic heterocycles.